The van der Waals surface area contributed by atoms with E-state index in [9.17, 15) is 5.11 Å². The lowest BCUT2D eigenvalue weighted by Gasteiger charge is -2.28. The minimum atomic E-state index is 0.238. The molecule has 0 spiro atoms. The van der Waals surface area contributed by atoms with Gasteiger partial charge in [-0.3, -0.25) is 9.88 Å². The first kappa shape index (κ1) is 12.3. The summed E-state index contributed by atoms with van der Waals surface area (Å²) in [7, 11) is 0. The minimum Gasteiger partial charge on any atom is -0.399 e. The number of nitrogens with zero attached hydrogens (tertiary/aromatic N) is 2. The summed E-state index contributed by atoms with van der Waals surface area (Å²) >= 11 is 0. The lowest BCUT2D eigenvalue weighted by atomic mass is 10.1. The first-order valence-corrected chi connectivity index (χ1v) is 6.35. The third-order valence-electron chi connectivity index (χ3n) is 3.42. The number of aliphatic hydroxyl groups excluding tert-OH is 1. The smallest absolute Gasteiger partial charge is 0.0587 e. The summed E-state index contributed by atoms with van der Waals surface area (Å²) < 4.78 is 0. The molecule has 4 nitrogen and oxygen atoms in total. The van der Waals surface area contributed by atoms with Gasteiger partial charge in [0.05, 0.1) is 12.3 Å². The summed E-state index contributed by atoms with van der Waals surface area (Å²) in [5, 5.41) is 9.43. The van der Waals surface area contributed by atoms with E-state index in [1.165, 1.54) is 19.3 Å². The van der Waals surface area contributed by atoms with E-state index in [2.05, 4.69) is 9.88 Å². The second-order valence-corrected chi connectivity index (χ2v) is 4.74. The topological polar surface area (TPSA) is 62.4 Å². The molecule has 1 aromatic heterocycles. The molecule has 4 heteroatoms. The van der Waals surface area contributed by atoms with Crippen LogP contribution in [0.5, 0.6) is 0 Å². The summed E-state index contributed by atoms with van der Waals surface area (Å²) in [6, 6.07) is 4.00. The van der Waals surface area contributed by atoms with Crippen LogP contribution in [0.15, 0.2) is 18.3 Å². The fraction of sp³-hybridized carbons (Fsp3) is 0.615. The second kappa shape index (κ2) is 5.98. The zero-order valence-electron chi connectivity index (χ0n) is 10.2. The molecule has 2 heterocycles. The molecule has 17 heavy (non-hydrogen) atoms. The van der Waals surface area contributed by atoms with Crippen molar-refractivity contribution in [1.82, 2.24) is 9.88 Å². The van der Waals surface area contributed by atoms with Gasteiger partial charge in [-0.1, -0.05) is 12.8 Å². The van der Waals surface area contributed by atoms with Gasteiger partial charge in [-0.25, -0.2) is 0 Å². The second-order valence-electron chi connectivity index (χ2n) is 4.74. The highest BCUT2D eigenvalue weighted by atomic mass is 16.3. The molecule has 94 valence electrons. The molecule has 1 atom stereocenters. The van der Waals surface area contributed by atoms with Crippen molar-refractivity contribution >= 4 is 5.69 Å². The third kappa shape index (κ3) is 3.41. The van der Waals surface area contributed by atoms with Gasteiger partial charge in [-0.05, 0) is 31.5 Å². The molecule has 0 aromatic carbocycles. The van der Waals surface area contributed by atoms with E-state index in [-0.39, 0.29) is 12.6 Å². The lowest BCUT2D eigenvalue weighted by Crippen LogP contribution is -2.37. The quantitative estimate of drug-likeness (QED) is 0.831. The van der Waals surface area contributed by atoms with Crippen molar-refractivity contribution in [2.24, 2.45) is 0 Å². The molecular formula is C13H21N3O. The average molecular weight is 235 g/mol. The van der Waals surface area contributed by atoms with Gasteiger partial charge in [0, 0.05) is 24.5 Å². The van der Waals surface area contributed by atoms with Crippen molar-refractivity contribution < 1.29 is 5.11 Å². The van der Waals surface area contributed by atoms with Gasteiger partial charge >= 0.3 is 0 Å². The summed E-state index contributed by atoms with van der Waals surface area (Å²) in [4.78, 5) is 6.66. The monoisotopic (exact) mass is 235 g/mol. The highest BCUT2D eigenvalue weighted by Gasteiger charge is 2.20. The molecule has 0 amide bonds. The van der Waals surface area contributed by atoms with E-state index in [0.717, 1.165) is 30.9 Å². The molecule has 1 aromatic rings. The van der Waals surface area contributed by atoms with Crippen LogP contribution in [0.3, 0.4) is 0 Å². The number of hydrogen-bond acceptors (Lipinski definition) is 4. The molecule has 1 aliphatic heterocycles. The van der Waals surface area contributed by atoms with E-state index < -0.39 is 0 Å². The fourth-order valence-corrected chi connectivity index (χ4v) is 2.44. The summed E-state index contributed by atoms with van der Waals surface area (Å²) in [6.07, 6.45) is 6.51. The number of pyridine rings is 1. The van der Waals surface area contributed by atoms with Crippen LogP contribution in [0.4, 0.5) is 5.69 Å². The zero-order chi connectivity index (χ0) is 12.1. The van der Waals surface area contributed by atoms with Crippen LogP contribution in [0.25, 0.3) is 0 Å². The maximum Gasteiger partial charge on any atom is 0.0587 e. The maximum absolute atomic E-state index is 9.43. The van der Waals surface area contributed by atoms with E-state index in [1.54, 1.807) is 12.3 Å². The molecule has 3 N–H and O–H groups in total. The van der Waals surface area contributed by atoms with Crippen LogP contribution < -0.4 is 5.73 Å². The summed E-state index contributed by atoms with van der Waals surface area (Å²) in [5.41, 5.74) is 7.50. The van der Waals surface area contributed by atoms with Crippen LogP contribution in [0, 0.1) is 0 Å². The molecular weight excluding hydrogens is 214 g/mol. The van der Waals surface area contributed by atoms with Crippen molar-refractivity contribution in [3.05, 3.63) is 24.0 Å². The van der Waals surface area contributed by atoms with Crippen molar-refractivity contribution in [3.63, 3.8) is 0 Å². The van der Waals surface area contributed by atoms with Crippen molar-refractivity contribution in [3.8, 4) is 0 Å². The Morgan fingerprint density at radius 3 is 3.06 bits per heavy atom. The number of likely N-dealkylation sites (tertiary alicyclic amines) is 1. The van der Waals surface area contributed by atoms with Crippen LogP contribution in [-0.4, -0.2) is 34.2 Å². The number of hydrogen-bond donors (Lipinski definition) is 2. The number of nitrogens with two attached hydrogens (primary N) is 1. The van der Waals surface area contributed by atoms with Gasteiger partial charge in [-0.15, -0.1) is 0 Å². The minimum absolute atomic E-state index is 0.238. The van der Waals surface area contributed by atoms with E-state index >= 15 is 0 Å². The highest BCUT2D eigenvalue weighted by Crippen LogP contribution is 2.18. The highest BCUT2D eigenvalue weighted by molar-refractivity contribution is 5.37. The van der Waals surface area contributed by atoms with Crippen LogP contribution in [0.1, 0.15) is 31.4 Å². The number of anilines is 1. The van der Waals surface area contributed by atoms with E-state index in [1.807, 2.05) is 6.07 Å². The lowest BCUT2D eigenvalue weighted by molar-refractivity contribution is 0.117. The van der Waals surface area contributed by atoms with Gasteiger partial charge in [-0.2, -0.15) is 0 Å². The van der Waals surface area contributed by atoms with Gasteiger partial charge < -0.3 is 10.8 Å². The first-order valence-electron chi connectivity index (χ1n) is 6.35. The summed E-state index contributed by atoms with van der Waals surface area (Å²) in [5.74, 6) is 0. The summed E-state index contributed by atoms with van der Waals surface area (Å²) in [6.45, 7) is 2.07. The Kier molecular flexibility index (Phi) is 4.34. The predicted octanol–water partition coefficient (Wildman–Crippen LogP) is 1.40. The molecule has 1 aliphatic rings. The van der Waals surface area contributed by atoms with Crippen molar-refractivity contribution in [2.75, 3.05) is 18.9 Å². The number of aromatic nitrogens is 1. The zero-order valence-corrected chi connectivity index (χ0v) is 10.2. The molecule has 1 saturated heterocycles. The van der Waals surface area contributed by atoms with Gasteiger partial charge in [0.1, 0.15) is 0 Å². The SMILES string of the molecule is Nc1ccnc(CN2CCCCCC2CO)c1. The Labute approximate surface area is 102 Å². The van der Waals surface area contributed by atoms with Crippen molar-refractivity contribution in [2.45, 2.75) is 38.3 Å². The molecule has 0 saturated carbocycles. The Hall–Kier alpha value is -1.13. The maximum atomic E-state index is 9.43. The average Bonchev–Trinajstić information content (AvgIpc) is 2.54. The Morgan fingerprint density at radius 2 is 2.29 bits per heavy atom. The van der Waals surface area contributed by atoms with Gasteiger partial charge in [0.25, 0.3) is 0 Å². The Balaban J connectivity index is 2.04. The van der Waals surface area contributed by atoms with Crippen LogP contribution >= 0.6 is 0 Å². The molecule has 2 rings (SSSR count). The Bertz CT molecular complexity index is 356. The number of rotatable bonds is 3. The van der Waals surface area contributed by atoms with Crippen LogP contribution in [0.2, 0.25) is 0 Å². The number of aliphatic hydroxyl groups is 1. The van der Waals surface area contributed by atoms with Crippen molar-refractivity contribution in [1.29, 1.82) is 0 Å². The molecule has 0 bridgehead atoms. The molecule has 0 radical (unpaired) electrons. The Morgan fingerprint density at radius 1 is 1.41 bits per heavy atom. The third-order valence-corrected chi connectivity index (χ3v) is 3.42. The molecule has 0 aliphatic carbocycles. The molecule has 1 fully saturated rings. The molecule has 1 unspecified atom stereocenters. The standard InChI is InChI=1S/C13H21N3O/c14-11-5-6-15-12(8-11)9-16-7-3-1-2-4-13(16)10-17/h5-6,8,13,17H,1-4,7,9-10H2,(H2,14,15). The predicted molar refractivity (Wildman–Crippen MR) is 68.4 cm³/mol. The van der Waals surface area contributed by atoms with Gasteiger partial charge in [0.2, 0.25) is 0 Å². The first-order chi connectivity index (χ1) is 8.29. The number of nitrogen functional groups attached to an aromatic ring is 1. The largest absolute Gasteiger partial charge is 0.399 e. The van der Waals surface area contributed by atoms with Gasteiger partial charge in [0.15, 0.2) is 0 Å². The van der Waals surface area contributed by atoms with E-state index in [0.29, 0.717) is 0 Å². The van der Waals surface area contributed by atoms with E-state index in [4.69, 9.17) is 5.73 Å². The fourth-order valence-electron chi connectivity index (χ4n) is 2.44. The normalized spacial score (nSPS) is 22.3. The van der Waals surface area contributed by atoms with Crippen LogP contribution in [-0.2, 0) is 6.54 Å².